The van der Waals surface area contributed by atoms with Crippen LogP contribution < -0.4 is 5.73 Å². The van der Waals surface area contributed by atoms with Crippen molar-refractivity contribution >= 4 is 0 Å². The normalized spacial score (nSPS) is 10.0. The summed E-state index contributed by atoms with van der Waals surface area (Å²) in [5, 5.41) is 8.73. The minimum Gasteiger partial charge on any atom is -0.330 e. The largest absolute Gasteiger partial charge is 0.330 e. The predicted octanol–water partition coefficient (Wildman–Crippen LogP) is 2.29. The summed E-state index contributed by atoms with van der Waals surface area (Å²) in [6, 6.07) is 5.29. The number of benzene rings is 1. The average molecular weight is 206 g/mol. The number of nitrogens with two attached hydrogens (primary N) is 1. The van der Waals surface area contributed by atoms with Crippen LogP contribution in [0, 0.1) is 24.1 Å². The van der Waals surface area contributed by atoms with Crippen molar-refractivity contribution in [3.05, 3.63) is 34.6 Å². The van der Waals surface area contributed by atoms with Crippen LogP contribution in [-0.4, -0.2) is 6.54 Å². The van der Waals surface area contributed by atoms with Crippen LogP contribution in [0.1, 0.15) is 29.5 Å². The van der Waals surface area contributed by atoms with Crippen molar-refractivity contribution in [1.82, 2.24) is 0 Å². The zero-order valence-corrected chi connectivity index (χ0v) is 8.89. The van der Waals surface area contributed by atoms with Crippen molar-refractivity contribution < 1.29 is 4.39 Å². The second-order valence-electron chi connectivity index (χ2n) is 3.63. The standard InChI is InChI=1S/C12H15FN2/c1-9-6-10(4-2-3-5-14)7-11(8-15)12(9)13/h6-7H,2-5,14H2,1H3. The summed E-state index contributed by atoms with van der Waals surface area (Å²) < 4.78 is 13.3. The average Bonchev–Trinajstić information content (AvgIpc) is 2.23. The van der Waals surface area contributed by atoms with E-state index in [9.17, 15) is 4.39 Å². The second-order valence-corrected chi connectivity index (χ2v) is 3.63. The zero-order valence-electron chi connectivity index (χ0n) is 8.89. The van der Waals surface area contributed by atoms with Gasteiger partial charge in [-0.3, -0.25) is 0 Å². The highest BCUT2D eigenvalue weighted by molar-refractivity contribution is 5.38. The Morgan fingerprint density at radius 1 is 1.40 bits per heavy atom. The SMILES string of the molecule is Cc1cc(CCCCN)cc(C#N)c1F. The molecule has 0 saturated heterocycles. The molecule has 0 aromatic heterocycles. The summed E-state index contributed by atoms with van der Waals surface area (Å²) in [5.74, 6) is -0.403. The Hall–Kier alpha value is -1.40. The van der Waals surface area contributed by atoms with E-state index in [2.05, 4.69) is 0 Å². The summed E-state index contributed by atoms with van der Waals surface area (Å²) >= 11 is 0. The summed E-state index contributed by atoms with van der Waals surface area (Å²) in [5.41, 5.74) is 7.08. The van der Waals surface area contributed by atoms with Gasteiger partial charge in [0.1, 0.15) is 11.9 Å². The first-order chi connectivity index (χ1) is 7.19. The molecule has 1 aromatic rings. The van der Waals surface area contributed by atoms with Gasteiger partial charge in [-0.15, -0.1) is 0 Å². The molecule has 80 valence electrons. The first-order valence-electron chi connectivity index (χ1n) is 5.08. The van der Waals surface area contributed by atoms with Crippen molar-refractivity contribution in [2.75, 3.05) is 6.54 Å². The molecule has 0 aliphatic heterocycles. The van der Waals surface area contributed by atoms with Crippen LogP contribution >= 0.6 is 0 Å². The third kappa shape index (κ3) is 3.03. The number of hydrogen-bond acceptors (Lipinski definition) is 2. The summed E-state index contributed by atoms with van der Waals surface area (Å²) in [6.07, 6.45) is 2.79. The van der Waals surface area contributed by atoms with E-state index in [4.69, 9.17) is 11.0 Å². The molecule has 2 N–H and O–H groups in total. The van der Waals surface area contributed by atoms with Gasteiger partial charge in [0.15, 0.2) is 0 Å². The van der Waals surface area contributed by atoms with E-state index in [0.717, 1.165) is 24.8 Å². The van der Waals surface area contributed by atoms with Gasteiger partial charge in [-0.25, -0.2) is 4.39 Å². The van der Waals surface area contributed by atoms with E-state index in [-0.39, 0.29) is 5.56 Å². The third-order valence-corrected chi connectivity index (χ3v) is 2.35. The Morgan fingerprint density at radius 2 is 2.13 bits per heavy atom. The van der Waals surface area contributed by atoms with Gasteiger partial charge in [-0.1, -0.05) is 6.07 Å². The lowest BCUT2D eigenvalue weighted by molar-refractivity contribution is 0.613. The van der Waals surface area contributed by atoms with Crippen LogP contribution in [0.4, 0.5) is 4.39 Å². The summed E-state index contributed by atoms with van der Waals surface area (Å²) in [7, 11) is 0. The zero-order chi connectivity index (χ0) is 11.3. The van der Waals surface area contributed by atoms with Crippen molar-refractivity contribution in [2.24, 2.45) is 5.73 Å². The van der Waals surface area contributed by atoms with Gasteiger partial charge in [-0.05, 0) is 49.9 Å². The molecular weight excluding hydrogens is 191 g/mol. The highest BCUT2D eigenvalue weighted by Crippen LogP contribution is 2.16. The van der Waals surface area contributed by atoms with Gasteiger partial charge >= 0.3 is 0 Å². The Balaban J connectivity index is 2.83. The molecule has 2 nitrogen and oxygen atoms in total. The molecule has 0 amide bonds. The Kier molecular flexibility index (Phi) is 4.26. The predicted molar refractivity (Wildman–Crippen MR) is 57.8 cm³/mol. The highest BCUT2D eigenvalue weighted by atomic mass is 19.1. The number of nitrogens with zero attached hydrogens (tertiary/aromatic N) is 1. The fourth-order valence-corrected chi connectivity index (χ4v) is 1.54. The number of aryl methyl sites for hydroxylation is 2. The van der Waals surface area contributed by atoms with Gasteiger partial charge in [0.2, 0.25) is 0 Å². The summed E-state index contributed by atoms with van der Waals surface area (Å²) in [6.45, 7) is 2.36. The van der Waals surface area contributed by atoms with Gasteiger partial charge in [0.25, 0.3) is 0 Å². The molecular formula is C12H15FN2. The van der Waals surface area contributed by atoms with E-state index in [1.54, 1.807) is 19.1 Å². The smallest absolute Gasteiger partial charge is 0.143 e. The third-order valence-electron chi connectivity index (χ3n) is 2.35. The van der Waals surface area contributed by atoms with E-state index in [1.807, 2.05) is 6.07 Å². The molecule has 0 aliphatic carbocycles. The fraction of sp³-hybridized carbons (Fsp3) is 0.417. The highest BCUT2D eigenvalue weighted by Gasteiger charge is 2.06. The van der Waals surface area contributed by atoms with E-state index >= 15 is 0 Å². The summed E-state index contributed by atoms with van der Waals surface area (Å²) in [4.78, 5) is 0. The van der Waals surface area contributed by atoms with Gasteiger partial charge in [0.05, 0.1) is 5.56 Å². The fourth-order valence-electron chi connectivity index (χ4n) is 1.54. The number of unbranched alkanes of at least 4 members (excludes halogenated alkanes) is 1. The topological polar surface area (TPSA) is 49.8 Å². The Morgan fingerprint density at radius 3 is 2.73 bits per heavy atom. The van der Waals surface area contributed by atoms with Crippen LogP contribution in [0.2, 0.25) is 0 Å². The molecule has 0 spiro atoms. The van der Waals surface area contributed by atoms with Crippen LogP contribution in [0.15, 0.2) is 12.1 Å². The maximum absolute atomic E-state index is 13.3. The van der Waals surface area contributed by atoms with Crippen LogP contribution in [0.5, 0.6) is 0 Å². The lowest BCUT2D eigenvalue weighted by Gasteiger charge is -2.05. The Labute approximate surface area is 89.5 Å². The van der Waals surface area contributed by atoms with Gasteiger partial charge in [0, 0.05) is 0 Å². The molecule has 0 radical (unpaired) electrons. The molecule has 1 aromatic carbocycles. The molecule has 15 heavy (non-hydrogen) atoms. The number of halogens is 1. The van der Waals surface area contributed by atoms with Crippen LogP contribution in [-0.2, 0) is 6.42 Å². The van der Waals surface area contributed by atoms with E-state index < -0.39 is 5.82 Å². The number of hydrogen-bond donors (Lipinski definition) is 1. The second kappa shape index (κ2) is 5.47. The quantitative estimate of drug-likeness (QED) is 0.768. The first-order valence-corrected chi connectivity index (χ1v) is 5.08. The number of rotatable bonds is 4. The molecule has 0 bridgehead atoms. The minimum atomic E-state index is -0.403. The molecule has 0 atom stereocenters. The minimum absolute atomic E-state index is 0.137. The van der Waals surface area contributed by atoms with Crippen molar-refractivity contribution in [1.29, 1.82) is 5.26 Å². The van der Waals surface area contributed by atoms with Gasteiger partial charge in [-0.2, -0.15) is 5.26 Å². The maximum Gasteiger partial charge on any atom is 0.143 e. The van der Waals surface area contributed by atoms with E-state index in [1.165, 1.54) is 0 Å². The van der Waals surface area contributed by atoms with Crippen molar-refractivity contribution in [3.8, 4) is 6.07 Å². The first kappa shape index (κ1) is 11.7. The van der Waals surface area contributed by atoms with Gasteiger partial charge < -0.3 is 5.73 Å². The molecule has 0 heterocycles. The van der Waals surface area contributed by atoms with Crippen molar-refractivity contribution in [3.63, 3.8) is 0 Å². The molecule has 0 saturated carbocycles. The molecule has 1 rings (SSSR count). The molecule has 0 aliphatic rings. The van der Waals surface area contributed by atoms with Crippen molar-refractivity contribution in [2.45, 2.75) is 26.2 Å². The molecule has 3 heteroatoms. The lowest BCUT2D eigenvalue weighted by atomic mass is 10.0. The maximum atomic E-state index is 13.3. The Bertz CT molecular complexity index is 380. The van der Waals surface area contributed by atoms with Crippen LogP contribution in [0.25, 0.3) is 0 Å². The molecule has 0 unspecified atom stereocenters. The monoisotopic (exact) mass is 206 g/mol. The van der Waals surface area contributed by atoms with E-state index in [0.29, 0.717) is 12.1 Å². The number of nitriles is 1. The molecule has 0 fully saturated rings. The lowest BCUT2D eigenvalue weighted by Crippen LogP contribution is -2.00. The van der Waals surface area contributed by atoms with Crippen LogP contribution in [0.3, 0.4) is 0 Å².